The van der Waals surface area contributed by atoms with Crippen molar-refractivity contribution in [2.24, 2.45) is 0 Å². The van der Waals surface area contributed by atoms with Crippen LogP contribution in [0.15, 0.2) is 40.9 Å². The van der Waals surface area contributed by atoms with Crippen LogP contribution in [0.25, 0.3) is 0 Å². The maximum Gasteiger partial charge on any atom is 0.255 e. The third-order valence-corrected chi connectivity index (χ3v) is 3.75. The minimum Gasteiger partial charge on any atom is -0.322 e. The van der Waals surface area contributed by atoms with E-state index in [1.54, 1.807) is 12.1 Å². The SMILES string of the molecule is O=C(Nc1cc(F)cc(Cl)c1)c1ccc(Br)c(Cl)c1. The topological polar surface area (TPSA) is 29.1 Å². The van der Waals surface area contributed by atoms with Crippen molar-refractivity contribution in [3.05, 3.63) is 62.3 Å². The lowest BCUT2D eigenvalue weighted by Gasteiger charge is -2.07. The quantitative estimate of drug-likeness (QED) is 0.786. The molecule has 2 rings (SSSR count). The van der Waals surface area contributed by atoms with Crippen LogP contribution < -0.4 is 5.32 Å². The van der Waals surface area contributed by atoms with Gasteiger partial charge < -0.3 is 5.32 Å². The highest BCUT2D eigenvalue weighted by atomic mass is 79.9. The second kappa shape index (κ2) is 5.90. The lowest BCUT2D eigenvalue weighted by Crippen LogP contribution is -2.12. The van der Waals surface area contributed by atoms with E-state index in [0.29, 0.717) is 15.1 Å². The molecule has 1 amide bonds. The molecule has 0 saturated carbocycles. The summed E-state index contributed by atoms with van der Waals surface area (Å²) in [5.74, 6) is -0.910. The normalized spacial score (nSPS) is 10.3. The molecule has 0 unspecified atom stereocenters. The lowest BCUT2D eigenvalue weighted by molar-refractivity contribution is 0.102. The van der Waals surface area contributed by atoms with Crippen LogP contribution >= 0.6 is 39.1 Å². The number of benzene rings is 2. The van der Waals surface area contributed by atoms with E-state index >= 15 is 0 Å². The molecule has 2 aromatic rings. The Labute approximate surface area is 127 Å². The summed E-state index contributed by atoms with van der Waals surface area (Å²) in [6.45, 7) is 0. The first-order valence-electron chi connectivity index (χ1n) is 5.18. The van der Waals surface area contributed by atoms with Crippen molar-refractivity contribution in [3.8, 4) is 0 Å². The number of halogens is 4. The van der Waals surface area contributed by atoms with Gasteiger partial charge in [-0.25, -0.2) is 4.39 Å². The third kappa shape index (κ3) is 3.69. The van der Waals surface area contributed by atoms with Crippen LogP contribution in [0, 0.1) is 5.82 Å². The summed E-state index contributed by atoms with van der Waals surface area (Å²) in [5, 5.41) is 3.18. The van der Waals surface area contributed by atoms with Crippen molar-refractivity contribution in [1.82, 2.24) is 0 Å². The lowest BCUT2D eigenvalue weighted by atomic mass is 10.2. The first-order chi connectivity index (χ1) is 8.95. The Hall–Kier alpha value is -1.10. The van der Waals surface area contributed by atoms with Crippen LogP contribution in [0.3, 0.4) is 0 Å². The number of anilines is 1. The molecule has 0 bridgehead atoms. The van der Waals surface area contributed by atoms with E-state index in [-0.39, 0.29) is 10.7 Å². The smallest absolute Gasteiger partial charge is 0.255 e. The molecule has 0 saturated heterocycles. The Morgan fingerprint density at radius 3 is 2.53 bits per heavy atom. The number of carbonyl (C=O) groups is 1. The standard InChI is InChI=1S/C13H7BrCl2FNO/c14-11-2-1-7(3-12(11)16)13(19)18-10-5-8(15)4-9(17)6-10/h1-6H,(H,18,19). The van der Waals surface area contributed by atoms with Gasteiger partial charge in [-0.1, -0.05) is 23.2 Å². The van der Waals surface area contributed by atoms with Crippen LogP contribution in [0.1, 0.15) is 10.4 Å². The molecule has 0 atom stereocenters. The minimum absolute atomic E-state index is 0.212. The van der Waals surface area contributed by atoms with Gasteiger partial charge in [0.05, 0.1) is 5.02 Å². The predicted octanol–water partition coefficient (Wildman–Crippen LogP) is 5.15. The average Bonchev–Trinajstić information content (AvgIpc) is 2.31. The number of hydrogen-bond donors (Lipinski definition) is 1. The Kier molecular flexibility index (Phi) is 4.45. The Balaban J connectivity index is 2.22. The number of hydrogen-bond acceptors (Lipinski definition) is 1. The molecule has 2 nitrogen and oxygen atoms in total. The van der Waals surface area contributed by atoms with Gasteiger partial charge in [-0.05, 0) is 52.3 Å². The summed E-state index contributed by atoms with van der Waals surface area (Å²) in [6, 6.07) is 8.59. The van der Waals surface area contributed by atoms with Crippen LogP contribution in [0.2, 0.25) is 10.0 Å². The van der Waals surface area contributed by atoms with E-state index < -0.39 is 11.7 Å². The molecule has 6 heteroatoms. The van der Waals surface area contributed by atoms with Crippen molar-refractivity contribution >= 4 is 50.7 Å². The Morgan fingerprint density at radius 2 is 1.89 bits per heavy atom. The summed E-state index contributed by atoms with van der Waals surface area (Å²) >= 11 is 14.8. The molecule has 98 valence electrons. The fourth-order valence-electron chi connectivity index (χ4n) is 1.47. The molecular formula is C13H7BrCl2FNO. The van der Waals surface area contributed by atoms with Gasteiger partial charge in [0.15, 0.2) is 0 Å². The second-order valence-corrected chi connectivity index (χ2v) is 5.44. The van der Waals surface area contributed by atoms with E-state index in [1.807, 2.05) is 0 Å². The largest absolute Gasteiger partial charge is 0.322 e. The molecule has 0 radical (unpaired) electrons. The summed E-state index contributed by atoms with van der Waals surface area (Å²) in [4.78, 5) is 11.9. The van der Waals surface area contributed by atoms with Crippen molar-refractivity contribution < 1.29 is 9.18 Å². The van der Waals surface area contributed by atoms with E-state index in [2.05, 4.69) is 21.2 Å². The fourth-order valence-corrected chi connectivity index (χ4v) is 2.12. The molecule has 1 N–H and O–H groups in total. The monoisotopic (exact) mass is 361 g/mol. The molecule has 2 aromatic carbocycles. The number of rotatable bonds is 2. The molecule has 0 heterocycles. The molecule has 0 aromatic heterocycles. The van der Waals surface area contributed by atoms with Crippen molar-refractivity contribution in [3.63, 3.8) is 0 Å². The van der Waals surface area contributed by atoms with Crippen molar-refractivity contribution in [1.29, 1.82) is 0 Å². The highest BCUT2D eigenvalue weighted by molar-refractivity contribution is 9.10. The Bertz CT molecular complexity index is 628. The van der Waals surface area contributed by atoms with Crippen LogP contribution in [-0.4, -0.2) is 5.91 Å². The zero-order valence-corrected chi connectivity index (χ0v) is 12.5. The van der Waals surface area contributed by atoms with Crippen molar-refractivity contribution in [2.45, 2.75) is 0 Å². The first-order valence-corrected chi connectivity index (χ1v) is 6.73. The molecule has 0 aliphatic heterocycles. The van der Waals surface area contributed by atoms with Crippen molar-refractivity contribution in [2.75, 3.05) is 5.32 Å². The maximum absolute atomic E-state index is 13.1. The average molecular weight is 363 g/mol. The first kappa shape index (κ1) is 14.3. The van der Waals surface area contributed by atoms with Gasteiger partial charge in [-0.2, -0.15) is 0 Å². The number of amides is 1. The molecule has 19 heavy (non-hydrogen) atoms. The van der Waals surface area contributed by atoms with Gasteiger partial charge in [0.25, 0.3) is 5.91 Å². The highest BCUT2D eigenvalue weighted by Gasteiger charge is 2.09. The van der Waals surface area contributed by atoms with Gasteiger partial charge in [0, 0.05) is 20.7 Å². The third-order valence-electron chi connectivity index (χ3n) is 2.30. The molecular weight excluding hydrogens is 356 g/mol. The summed E-state index contributed by atoms with van der Waals surface area (Å²) < 4.78 is 13.8. The maximum atomic E-state index is 13.1. The summed E-state index contributed by atoms with van der Waals surface area (Å²) in [7, 11) is 0. The summed E-state index contributed by atoms with van der Waals surface area (Å²) in [6.07, 6.45) is 0. The molecule has 0 fully saturated rings. The Morgan fingerprint density at radius 1 is 1.16 bits per heavy atom. The second-order valence-electron chi connectivity index (χ2n) is 3.74. The van der Waals surface area contributed by atoms with Gasteiger partial charge in [0.2, 0.25) is 0 Å². The van der Waals surface area contributed by atoms with E-state index in [1.165, 1.54) is 18.2 Å². The van der Waals surface area contributed by atoms with Gasteiger partial charge >= 0.3 is 0 Å². The summed E-state index contributed by atoms with van der Waals surface area (Å²) in [5.41, 5.74) is 0.655. The predicted molar refractivity (Wildman–Crippen MR) is 78.5 cm³/mol. The van der Waals surface area contributed by atoms with Gasteiger partial charge in [0.1, 0.15) is 5.82 Å². The number of nitrogens with one attached hydrogen (secondary N) is 1. The van der Waals surface area contributed by atoms with E-state index in [0.717, 1.165) is 6.07 Å². The fraction of sp³-hybridized carbons (Fsp3) is 0. The highest BCUT2D eigenvalue weighted by Crippen LogP contribution is 2.24. The molecule has 0 aliphatic carbocycles. The zero-order chi connectivity index (χ0) is 14.0. The van der Waals surface area contributed by atoms with E-state index in [9.17, 15) is 9.18 Å². The van der Waals surface area contributed by atoms with Gasteiger partial charge in [-0.15, -0.1) is 0 Å². The van der Waals surface area contributed by atoms with Gasteiger partial charge in [-0.3, -0.25) is 4.79 Å². The molecule has 0 aliphatic rings. The van der Waals surface area contributed by atoms with Crippen LogP contribution in [0.4, 0.5) is 10.1 Å². The van der Waals surface area contributed by atoms with Crippen LogP contribution in [-0.2, 0) is 0 Å². The minimum atomic E-state index is -0.517. The zero-order valence-electron chi connectivity index (χ0n) is 9.38. The number of carbonyl (C=O) groups excluding carboxylic acids is 1. The van der Waals surface area contributed by atoms with Crippen LogP contribution in [0.5, 0.6) is 0 Å². The molecule has 0 spiro atoms. The van der Waals surface area contributed by atoms with E-state index in [4.69, 9.17) is 23.2 Å².